The molecule has 25 heavy (non-hydrogen) atoms. The van der Waals surface area contributed by atoms with Crippen LogP contribution in [0.25, 0.3) is 0 Å². The van der Waals surface area contributed by atoms with Crippen molar-refractivity contribution in [2.45, 2.75) is 109 Å². The van der Waals surface area contributed by atoms with Gasteiger partial charge in [0.1, 0.15) is 5.60 Å². The number of hydrogen-bond donors (Lipinski definition) is 0. The van der Waals surface area contributed by atoms with Crippen LogP contribution in [-0.4, -0.2) is 45.6 Å². The minimum Gasteiger partial charge on any atom is -0.409 e. The third kappa shape index (κ3) is 2.77. The Kier molecular flexibility index (Phi) is 5.63. The average molecular weight is 373 g/mol. The van der Waals surface area contributed by atoms with Crippen molar-refractivity contribution in [2.75, 3.05) is 13.7 Å². The first-order chi connectivity index (χ1) is 11.3. The fourth-order valence-electron chi connectivity index (χ4n) is 5.73. The molecule has 2 saturated heterocycles. The van der Waals surface area contributed by atoms with Gasteiger partial charge in [0, 0.05) is 7.11 Å². The van der Waals surface area contributed by atoms with Crippen molar-refractivity contribution < 1.29 is 18.6 Å². The zero-order chi connectivity index (χ0) is 19.4. The fraction of sp³-hybridized carbons (Fsp3) is 1.00. The van der Waals surface area contributed by atoms with E-state index >= 15 is 0 Å². The molecule has 0 amide bonds. The molecule has 4 unspecified atom stereocenters. The molecule has 2 heterocycles. The average Bonchev–Trinajstić information content (AvgIpc) is 2.64. The first-order valence-electron chi connectivity index (χ1n) is 9.86. The number of rotatable bonds is 6. The van der Waals surface area contributed by atoms with Crippen LogP contribution in [0, 0.1) is 5.41 Å². The second-order valence-corrected chi connectivity index (χ2v) is 15.0. The van der Waals surface area contributed by atoms with Gasteiger partial charge in [-0.05, 0) is 44.3 Å². The van der Waals surface area contributed by atoms with E-state index in [4.69, 9.17) is 18.6 Å². The lowest BCUT2D eigenvalue weighted by atomic mass is 9.69. The molecule has 2 aliphatic rings. The predicted octanol–water partition coefficient (Wildman–Crippen LogP) is 5.12. The van der Waals surface area contributed by atoms with Crippen molar-refractivity contribution in [2.24, 2.45) is 5.41 Å². The quantitative estimate of drug-likeness (QED) is 0.606. The second-order valence-electron chi connectivity index (χ2n) is 9.61. The Labute approximate surface area is 156 Å². The molecule has 2 aliphatic heterocycles. The molecule has 0 N–H and O–H groups in total. The monoisotopic (exact) mass is 372 g/mol. The molecular weight excluding hydrogens is 332 g/mol. The molecule has 0 radical (unpaired) electrons. The molecule has 0 saturated carbocycles. The van der Waals surface area contributed by atoms with Crippen LogP contribution in [0.5, 0.6) is 0 Å². The molecule has 0 aromatic heterocycles. The van der Waals surface area contributed by atoms with E-state index in [-0.39, 0.29) is 17.6 Å². The van der Waals surface area contributed by atoms with Gasteiger partial charge < -0.3 is 18.6 Å². The lowest BCUT2D eigenvalue weighted by Gasteiger charge is -2.56. The highest BCUT2D eigenvalue weighted by molar-refractivity contribution is 6.77. The maximum Gasteiger partial charge on any atom is 0.200 e. The van der Waals surface area contributed by atoms with Crippen LogP contribution in [0.1, 0.15) is 69.2 Å². The van der Waals surface area contributed by atoms with Crippen LogP contribution >= 0.6 is 0 Å². The zero-order valence-electron chi connectivity index (χ0n) is 18.2. The van der Waals surface area contributed by atoms with Crippen molar-refractivity contribution in [3.63, 3.8) is 0 Å². The molecule has 5 heteroatoms. The molecule has 0 aromatic rings. The molecule has 2 bridgehead atoms. The summed E-state index contributed by atoms with van der Waals surface area (Å²) in [7, 11) is -0.318. The molecule has 2 rings (SSSR count). The van der Waals surface area contributed by atoms with E-state index in [9.17, 15) is 0 Å². The Balaban J connectivity index is 2.56. The largest absolute Gasteiger partial charge is 0.409 e. The minimum absolute atomic E-state index is 0.00753. The van der Waals surface area contributed by atoms with Crippen LogP contribution < -0.4 is 0 Å². The highest BCUT2D eigenvalue weighted by atomic mass is 28.4. The predicted molar refractivity (Wildman–Crippen MR) is 104 cm³/mol. The fourth-order valence-corrected chi connectivity index (χ4v) is 11.4. The Morgan fingerprint density at radius 1 is 0.960 bits per heavy atom. The van der Waals surface area contributed by atoms with Gasteiger partial charge in [0.2, 0.25) is 8.32 Å². The summed E-state index contributed by atoms with van der Waals surface area (Å²) in [4.78, 5) is 0. The van der Waals surface area contributed by atoms with Crippen molar-refractivity contribution in [1.82, 2.24) is 0 Å². The lowest BCUT2D eigenvalue weighted by molar-refractivity contribution is -0.320. The van der Waals surface area contributed by atoms with Crippen LogP contribution in [0.15, 0.2) is 0 Å². The van der Waals surface area contributed by atoms with Gasteiger partial charge in [-0.1, -0.05) is 41.5 Å². The van der Waals surface area contributed by atoms with Gasteiger partial charge in [0.15, 0.2) is 5.79 Å². The normalized spacial score (nSPS) is 42.0. The Hall–Kier alpha value is 0.0569. The number of fused-ring (bicyclic) bond motifs is 2. The van der Waals surface area contributed by atoms with Gasteiger partial charge in [-0.2, -0.15) is 0 Å². The topological polar surface area (TPSA) is 36.9 Å². The van der Waals surface area contributed by atoms with Crippen molar-refractivity contribution in [3.8, 4) is 0 Å². The zero-order valence-corrected chi connectivity index (χ0v) is 19.2. The molecule has 2 fully saturated rings. The van der Waals surface area contributed by atoms with E-state index in [1.54, 1.807) is 7.11 Å². The van der Waals surface area contributed by atoms with Crippen molar-refractivity contribution in [3.05, 3.63) is 0 Å². The first kappa shape index (κ1) is 21.4. The van der Waals surface area contributed by atoms with Gasteiger partial charge in [0.25, 0.3) is 0 Å². The summed E-state index contributed by atoms with van der Waals surface area (Å²) in [5.41, 5.74) is 0.817. The first-order valence-corrected chi connectivity index (χ1v) is 12.0. The summed E-state index contributed by atoms with van der Waals surface area (Å²) in [6.45, 7) is 23.0. The van der Waals surface area contributed by atoms with Gasteiger partial charge in [-0.15, -0.1) is 0 Å². The number of hydrogen-bond acceptors (Lipinski definition) is 4. The van der Waals surface area contributed by atoms with Gasteiger partial charge in [-0.3, -0.25) is 0 Å². The maximum atomic E-state index is 7.28. The van der Waals surface area contributed by atoms with Crippen LogP contribution in [-0.2, 0) is 18.6 Å². The molecule has 5 atom stereocenters. The smallest absolute Gasteiger partial charge is 0.200 e. The van der Waals surface area contributed by atoms with Crippen molar-refractivity contribution >= 4 is 8.32 Å². The van der Waals surface area contributed by atoms with Gasteiger partial charge in [-0.25, -0.2) is 0 Å². The van der Waals surface area contributed by atoms with E-state index in [2.05, 4.69) is 62.3 Å². The Morgan fingerprint density at radius 2 is 1.44 bits per heavy atom. The van der Waals surface area contributed by atoms with Gasteiger partial charge >= 0.3 is 0 Å². The van der Waals surface area contributed by atoms with Crippen LogP contribution in [0.4, 0.5) is 0 Å². The summed E-state index contributed by atoms with van der Waals surface area (Å²) in [5, 5.41) is 0. The van der Waals surface area contributed by atoms with E-state index in [1.807, 2.05) is 6.92 Å². The summed E-state index contributed by atoms with van der Waals surface area (Å²) in [6, 6.07) is 0. The molecular formula is C20H40O4Si. The molecule has 0 spiro atoms. The molecule has 4 nitrogen and oxygen atoms in total. The Bertz CT molecular complexity index is 472. The van der Waals surface area contributed by atoms with Gasteiger partial charge in [0.05, 0.1) is 24.2 Å². The minimum atomic E-state index is -2.05. The molecule has 0 aromatic carbocycles. The highest BCUT2D eigenvalue weighted by Gasteiger charge is 2.72. The third-order valence-corrected chi connectivity index (χ3v) is 13.5. The second kappa shape index (κ2) is 6.59. The highest BCUT2D eigenvalue weighted by Crippen LogP contribution is 2.59. The standard InChI is InChI=1S/C20H40O4Si/c1-13(2)25(14(3)4,15(5)6)24-17-18(8)12-22-20(10,21-11)19(17,9)16(7)23-18/h13-17H,12H2,1-11H3/t16?,17?,18-,19?,20?/m1/s1. The third-order valence-electron chi connectivity index (χ3n) is 7.42. The summed E-state index contributed by atoms with van der Waals surface area (Å²) < 4.78 is 25.8. The van der Waals surface area contributed by atoms with E-state index in [1.165, 1.54) is 0 Å². The van der Waals surface area contributed by atoms with Crippen molar-refractivity contribution in [1.29, 1.82) is 0 Å². The van der Waals surface area contributed by atoms with Crippen LogP contribution in [0.2, 0.25) is 16.6 Å². The van der Waals surface area contributed by atoms with Crippen LogP contribution in [0.3, 0.4) is 0 Å². The Morgan fingerprint density at radius 3 is 1.84 bits per heavy atom. The SMILES string of the molecule is COC1(C)OC[C@@]2(C)OC(C)C1(C)C2O[Si](C(C)C)(C(C)C)C(C)C. The lowest BCUT2D eigenvalue weighted by Crippen LogP contribution is -2.68. The summed E-state index contributed by atoms with van der Waals surface area (Å²) in [5.74, 6) is -0.710. The number of ether oxygens (including phenoxy) is 3. The van der Waals surface area contributed by atoms with E-state index in [0.29, 0.717) is 23.2 Å². The maximum absolute atomic E-state index is 7.28. The van der Waals surface area contributed by atoms with E-state index < -0.39 is 19.7 Å². The van der Waals surface area contributed by atoms with E-state index in [0.717, 1.165) is 0 Å². The number of methoxy groups -OCH3 is 1. The molecule has 0 aliphatic carbocycles. The summed E-state index contributed by atoms with van der Waals surface area (Å²) in [6.07, 6.45) is -0.0271. The molecule has 148 valence electrons. The summed E-state index contributed by atoms with van der Waals surface area (Å²) >= 11 is 0.